The molecular weight excluding hydrogens is 597 g/mol. The number of morpholine rings is 1. The lowest BCUT2D eigenvalue weighted by Crippen LogP contribution is -2.42. The third-order valence-corrected chi connectivity index (χ3v) is 10.3. The Kier molecular flexibility index (Phi) is 10.1. The standard InChI is InChI=1S/C34H46N8O3Si/c1-46(2,3)18-17-45-24-42-31(20-29-32(37-23-38-33(29)42)41-13-15-44-16-14-41)26-6-8-28(9-7-26)39-34(43)30-19-25(10-11-36-30)21-40-12-4-5-27(35)22-40/h6-11,19-20,23,27H,4-5,12-18,21-22,24,35H2,1-3H3,(H,39,43)/t27-/m1/s1. The van der Waals surface area contributed by atoms with Crippen molar-refractivity contribution in [3.05, 3.63) is 66.2 Å². The van der Waals surface area contributed by atoms with E-state index in [1.165, 1.54) is 0 Å². The number of carbonyl (C=O) groups excluding carboxylic acids is 1. The zero-order valence-corrected chi connectivity index (χ0v) is 28.2. The Bertz CT molecular complexity index is 1630. The molecule has 3 N–H and O–H groups in total. The number of hydrogen-bond acceptors (Lipinski definition) is 9. The van der Waals surface area contributed by atoms with E-state index in [9.17, 15) is 4.79 Å². The van der Waals surface area contributed by atoms with Crippen LogP contribution in [0.15, 0.2) is 55.0 Å². The molecule has 1 atom stereocenters. The van der Waals surface area contributed by atoms with Gasteiger partial charge in [-0.15, -0.1) is 0 Å². The average Bonchev–Trinajstić information content (AvgIpc) is 3.42. The molecule has 2 saturated heterocycles. The summed E-state index contributed by atoms with van der Waals surface area (Å²) < 4.78 is 13.9. The molecule has 0 aliphatic carbocycles. The SMILES string of the molecule is C[Si](C)(C)CCOCn1c(-c2ccc(NC(=O)c3cc(CN4CCC[C@@H](N)C4)ccn3)cc2)cc2c(N3CCOCC3)ncnc21. The summed E-state index contributed by atoms with van der Waals surface area (Å²) in [7, 11) is -1.23. The van der Waals surface area contributed by atoms with Crippen molar-refractivity contribution in [2.24, 2.45) is 5.73 Å². The summed E-state index contributed by atoms with van der Waals surface area (Å²) in [5, 5.41) is 4.01. The van der Waals surface area contributed by atoms with Gasteiger partial charge < -0.3 is 30.0 Å². The van der Waals surface area contributed by atoms with E-state index < -0.39 is 8.07 Å². The fourth-order valence-electron chi connectivity index (χ4n) is 6.09. The number of hydrogen-bond donors (Lipinski definition) is 2. The summed E-state index contributed by atoms with van der Waals surface area (Å²) in [6, 6.07) is 15.2. The Morgan fingerprint density at radius 3 is 2.63 bits per heavy atom. The van der Waals surface area contributed by atoms with Crippen LogP contribution in [0.3, 0.4) is 0 Å². The van der Waals surface area contributed by atoms with Gasteiger partial charge in [0.2, 0.25) is 0 Å². The highest BCUT2D eigenvalue weighted by molar-refractivity contribution is 6.76. The molecule has 1 aromatic carbocycles. The lowest BCUT2D eigenvalue weighted by molar-refractivity contribution is 0.0909. The predicted octanol–water partition coefficient (Wildman–Crippen LogP) is 4.82. The molecule has 0 radical (unpaired) electrons. The molecule has 0 bridgehead atoms. The van der Waals surface area contributed by atoms with Gasteiger partial charge in [0.25, 0.3) is 5.91 Å². The van der Waals surface area contributed by atoms with Crippen LogP contribution >= 0.6 is 0 Å². The second-order valence-electron chi connectivity index (χ2n) is 13.6. The van der Waals surface area contributed by atoms with E-state index in [1.54, 1.807) is 12.5 Å². The van der Waals surface area contributed by atoms with Crippen LogP contribution in [0.5, 0.6) is 0 Å². The minimum Gasteiger partial charge on any atom is -0.378 e. The first-order valence-electron chi connectivity index (χ1n) is 16.3. The van der Waals surface area contributed by atoms with E-state index in [2.05, 4.69) is 55.4 Å². The van der Waals surface area contributed by atoms with Crippen molar-refractivity contribution in [3.63, 3.8) is 0 Å². The van der Waals surface area contributed by atoms with Crippen molar-refractivity contribution < 1.29 is 14.3 Å². The zero-order chi connectivity index (χ0) is 32.1. The molecule has 12 heteroatoms. The fourth-order valence-corrected chi connectivity index (χ4v) is 6.85. The molecule has 1 amide bonds. The number of aromatic nitrogens is 4. The molecule has 3 aromatic heterocycles. The number of amides is 1. The van der Waals surface area contributed by atoms with E-state index in [0.29, 0.717) is 37.9 Å². The van der Waals surface area contributed by atoms with Crippen molar-refractivity contribution >= 4 is 36.5 Å². The largest absolute Gasteiger partial charge is 0.378 e. The van der Waals surface area contributed by atoms with Gasteiger partial charge in [-0.1, -0.05) is 31.8 Å². The van der Waals surface area contributed by atoms with E-state index >= 15 is 0 Å². The molecule has 0 saturated carbocycles. The first kappa shape index (κ1) is 32.3. The van der Waals surface area contributed by atoms with Crippen LogP contribution in [0.25, 0.3) is 22.3 Å². The van der Waals surface area contributed by atoms with E-state index in [1.807, 2.05) is 36.4 Å². The number of rotatable bonds is 11. The molecule has 6 rings (SSSR count). The lowest BCUT2D eigenvalue weighted by Gasteiger charge is -2.30. The minimum atomic E-state index is -1.23. The monoisotopic (exact) mass is 642 g/mol. The van der Waals surface area contributed by atoms with Gasteiger partial charge in [0.15, 0.2) is 0 Å². The van der Waals surface area contributed by atoms with E-state index in [0.717, 1.165) is 85.3 Å². The highest BCUT2D eigenvalue weighted by Gasteiger charge is 2.22. The maximum Gasteiger partial charge on any atom is 0.274 e. The maximum absolute atomic E-state index is 13.2. The second-order valence-corrected chi connectivity index (χ2v) is 19.2. The Morgan fingerprint density at radius 2 is 1.87 bits per heavy atom. The van der Waals surface area contributed by atoms with E-state index in [-0.39, 0.29) is 11.9 Å². The Labute approximate surface area is 272 Å². The molecular formula is C34H46N8O3Si. The average molecular weight is 643 g/mol. The second kappa shape index (κ2) is 14.4. The molecule has 244 valence electrons. The third-order valence-electron chi connectivity index (χ3n) is 8.64. The molecule has 46 heavy (non-hydrogen) atoms. The number of benzene rings is 1. The first-order chi connectivity index (χ1) is 22.2. The molecule has 0 spiro atoms. The van der Waals surface area contributed by atoms with Crippen LogP contribution in [0, 0.1) is 0 Å². The van der Waals surface area contributed by atoms with Crippen LogP contribution in [0.4, 0.5) is 11.5 Å². The van der Waals surface area contributed by atoms with Crippen LogP contribution < -0.4 is 16.0 Å². The number of nitrogens with one attached hydrogen (secondary N) is 1. The highest BCUT2D eigenvalue weighted by Crippen LogP contribution is 2.33. The van der Waals surface area contributed by atoms with Crippen molar-refractivity contribution in [1.82, 2.24) is 24.4 Å². The fraction of sp³-hybridized carbons (Fsp3) is 0.471. The Hall–Kier alpha value is -3.68. The number of anilines is 2. The summed E-state index contributed by atoms with van der Waals surface area (Å²) in [5.41, 5.74) is 11.1. The minimum absolute atomic E-state index is 0.213. The van der Waals surface area contributed by atoms with Crippen LogP contribution in [-0.4, -0.2) is 90.4 Å². The number of carbonyl (C=O) groups is 1. The molecule has 11 nitrogen and oxygen atoms in total. The normalized spacial score (nSPS) is 17.8. The van der Waals surface area contributed by atoms with Crippen molar-refractivity contribution in [1.29, 1.82) is 0 Å². The lowest BCUT2D eigenvalue weighted by atomic mass is 10.1. The Morgan fingerprint density at radius 1 is 1.07 bits per heavy atom. The van der Waals surface area contributed by atoms with E-state index in [4.69, 9.17) is 20.2 Å². The van der Waals surface area contributed by atoms with Crippen LogP contribution in [0.1, 0.15) is 28.9 Å². The zero-order valence-electron chi connectivity index (χ0n) is 27.2. The summed E-state index contributed by atoms with van der Waals surface area (Å²) in [4.78, 5) is 31.5. The molecule has 5 heterocycles. The van der Waals surface area contributed by atoms with Gasteiger partial charge in [-0.05, 0) is 66.9 Å². The van der Waals surface area contributed by atoms with Gasteiger partial charge in [-0.2, -0.15) is 0 Å². The van der Waals surface area contributed by atoms with Crippen molar-refractivity contribution in [2.75, 3.05) is 56.2 Å². The van der Waals surface area contributed by atoms with Gasteiger partial charge in [0.05, 0.1) is 24.3 Å². The number of ether oxygens (including phenoxy) is 2. The Balaban J connectivity index is 1.20. The molecule has 2 aliphatic rings. The number of nitrogens with zero attached hydrogens (tertiary/aromatic N) is 6. The molecule has 2 fully saturated rings. The van der Waals surface area contributed by atoms with Gasteiger partial charge in [-0.25, -0.2) is 9.97 Å². The summed E-state index contributed by atoms with van der Waals surface area (Å²) >= 11 is 0. The first-order valence-corrected chi connectivity index (χ1v) is 20.0. The highest BCUT2D eigenvalue weighted by atomic mass is 28.3. The third kappa shape index (κ3) is 7.99. The molecule has 2 aliphatic heterocycles. The quantitative estimate of drug-likeness (QED) is 0.175. The van der Waals surface area contributed by atoms with Crippen LogP contribution in [-0.2, 0) is 22.7 Å². The summed E-state index contributed by atoms with van der Waals surface area (Å²) in [5.74, 6) is 0.678. The number of likely N-dealkylation sites (tertiary alicyclic amines) is 1. The van der Waals surface area contributed by atoms with Gasteiger partial charge in [0.1, 0.15) is 30.2 Å². The van der Waals surface area contributed by atoms with Gasteiger partial charge in [-0.3, -0.25) is 14.7 Å². The van der Waals surface area contributed by atoms with Crippen LogP contribution in [0.2, 0.25) is 25.7 Å². The topological polar surface area (TPSA) is 124 Å². The summed E-state index contributed by atoms with van der Waals surface area (Å²) in [6.45, 7) is 13.8. The predicted molar refractivity (Wildman–Crippen MR) is 185 cm³/mol. The smallest absolute Gasteiger partial charge is 0.274 e. The number of nitrogens with two attached hydrogens (primary N) is 1. The number of pyridine rings is 1. The number of fused-ring (bicyclic) bond motifs is 1. The van der Waals surface area contributed by atoms with Gasteiger partial charge in [0, 0.05) is 58.8 Å². The molecule has 0 unspecified atom stereocenters. The summed E-state index contributed by atoms with van der Waals surface area (Å²) in [6.07, 6.45) is 5.51. The van der Waals surface area contributed by atoms with Crippen molar-refractivity contribution in [2.45, 2.75) is 57.8 Å². The molecule has 4 aromatic rings. The maximum atomic E-state index is 13.2. The number of piperidine rings is 1. The van der Waals surface area contributed by atoms with Gasteiger partial charge >= 0.3 is 0 Å². The van der Waals surface area contributed by atoms with Crippen molar-refractivity contribution in [3.8, 4) is 11.3 Å².